The van der Waals surface area contributed by atoms with Gasteiger partial charge in [-0.1, -0.05) is 0 Å². The number of hydrogen-bond acceptors (Lipinski definition) is 4. The first-order valence-corrected chi connectivity index (χ1v) is 5.90. The van der Waals surface area contributed by atoms with Crippen molar-refractivity contribution in [3.05, 3.63) is 23.8 Å². The zero-order valence-corrected chi connectivity index (χ0v) is 9.76. The topological polar surface area (TPSA) is 73.3 Å². The Morgan fingerprint density at radius 1 is 1.53 bits per heavy atom. The molecule has 1 atom stereocenters. The van der Waals surface area contributed by atoms with E-state index in [0.29, 0.717) is 17.2 Å². The molecule has 0 aliphatic carbocycles. The second kappa shape index (κ2) is 5.07. The number of aliphatic hydroxyl groups is 1. The van der Waals surface area contributed by atoms with Crippen LogP contribution < -0.4 is 10.6 Å². The van der Waals surface area contributed by atoms with Crippen molar-refractivity contribution < 1.29 is 5.11 Å². The third kappa shape index (κ3) is 2.51. The fraction of sp³-hybridized carbons (Fsp3) is 0.462. The monoisotopic (exact) mass is 231 g/mol. The van der Waals surface area contributed by atoms with Crippen molar-refractivity contribution in [2.24, 2.45) is 5.92 Å². The smallest absolute Gasteiger partial charge is 0.101 e. The molecule has 4 nitrogen and oxygen atoms in total. The number of rotatable bonds is 2. The van der Waals surface area contributed by atoms with E-state index in [2.05, 4.69) is 11.0 Å². The minimum atomic E-state index is 0.238. The number of nitriles is 1. The lowest BCUT2D eigenvalue weighted by atomic mass is 9.98. The van der Waals surface area contributed by atoms with Crippen molar-refractivity contribution in [2.75, 3.05) is 30.3 Å². The summed E-state index contributed by atoms with van der Waals surface area (Å²) in [7, 11) is 0. The van der Waals surface area contributed by atoms with Crippen molar-refractivity contribution in [3.63, 3.8) is 0 Å². The number of nitrogens with two attached hydrogens (primary N) is 1. The van der Waals surface area contributed by atoms with Crippen molar-refractivity contribution in [1.82, 2.24) is 0 Å². The molecule has 1 aliphatic heterocycles. The van der Waals surface area contributed by atoms with E-state index in [1.165, 1.54) is 0 Å². The Morgan fingerprint density at radius 2 is 2.35 bits per heavy atom. The SMILES string of the molecule is N#Cc1ccc(N2CCCC(CO)C2)cc1N. The molecule has 0 spiro atoms. The van der Waals surface area contributed by atoms with E-state index < -0.39 is 0 Å². The standard InChI is InChI=1S/C13H17N3O/c14-7-11-3-4-12(6-13(11)15)16-5-1-2-10(8-16)9-17/h3-4,6,10,17H,1-2,5,8-9,15H2. The van der Waals surface area contributed by atoms with E-state index in [1.54, 1.807) is 6.07 Å². The maximum absolute atomic E-state index is 9.20. The Kier molecular flexibility index (Phi) is 3.50. The maximum Gasteiger partial charge on any atom is 0.101 e. The van der Waals surface area contributed by atoms with Crippen LogP contribution in [0.5, 0.6) is 0 Å². The molecule has 0 saturated carbocycles. The summed E-state index contributed by atoms with van der Waals surface area (Å²) in [5.41, 5.74) is 7.89. The van der Waals surface area contributed by atoms with Crippen LogP contribution in [-0.4, -0.2) is 24.8 Å². The normalized spacial score (nSPS) is 20.0. The fourth-order valence-electron chi connectivity index (χ4n) is 2.30. The van der Waals surface area contributed by atoms with Gasteiger partial charge in [0.2, 0.25) is 0 Å². The quantitative estimate of drug-likeness (QED) is 0.753. The highest BCUT2D eigenvalue weighted by Crippen LogP contribution is 2.25. The van der Waals surface area contributed by atoms with Crippen LogP contribution >= 0.6 is 0 Å². The van der Waals surface area contributed by atoms with Crippen LogP contribution in [0.25, 0.3) is 0 Å². The van der Waals surface area contributed by atoms with Crippen molar-refractivity contribution in [2.45, 2.75) is 12.8 Å². The Hall–Kier alpha value is -1.73. The molecule has 1 fully saturated rings. The molecule has 0 amide bonds. The van der Waals surface area contributed by atoms with Crippen molar-refractivity contribution in [3.8, 4) is 6.07 Å². The Morgan fingerprint density at radius 3 is 3.00 bits per heavy atom. The number of piperidine rings is 1. The second-order valence-electron chi connectivity index (χ2n) is 4.52. The van der Waals surface area contributed by atoms with Gasteiger partial charge in [-0.05, 0) is 37.0 Å². The molecule has 17 heavy (non-hydrogen) atoms. The highest BCUT2D eigenvalue weighted by molar-refractivity contribution is 5.63. The first-order valence-electron chi connectivity index (χ1n) is 5.90. The summed E-state index contributed by atoms with van der Waals surface area (Å²) >= 11 is 0. The van der Waals surface area contributed by atoms with Gasteiger partial charge < -0.3 is 15.7 Å². The summed E-state index contributed by atoms with van der Waals surface area (Å²) in [5.74, 6) is 0.348. The number of anilines is 2. The van der Waals surface area contributed by atoms with E-state index in [1.807, 2.05) is 12.1 Å². The largest absolute Gasteiger partial charge is 0.398 e. The summed E-state index contributed by atoms with van der Waals surface area (Å²) in [6, 6.07) is 7.59. The molecule has 1 saturated heterocycles. The van der Waals surface area contributed by atoms with Gasteiger partial charge in [-0.25, -0.2) is 0 Å². The predicted molar refractivity (Wildman–Crippen MR) is 67.6 cm³/mol. The van der Waals surface area contributed by atoms with Crippen LogP contribution in [0.2, 0.25) is 0 Å². The van der Waals surface area contributed by atoms with Crippen LogP contribution in [-0.2, 0) is 0 Å². The summed E-state index contributed by atoms with van der Waals surface area (Å²) in [5, 5.41) is 18.0. The minimum Gasteiger partial charge on any atom is -0.398 e. The van der Waals surface area contributed by atoms with E-state index in [0.717, 1.165) is 31.6 Å². The summed E-state index contributed by atoms with van der Waals surface area (Å²) in [6.45, 7) is 2.09. The molecule has 1 unspecified atom stereocenters. The average Bonchev–Trinajstić information content (AvgIpc) is 2.38. The molecule has 1 heterocycles. The Bertz CT molecular complexity index is 439. The lowest BCUT2D eigenvalue weighted by Gasteiger charge is -2.33. The van der Waals surface area contributed by atoms with E-state index >= 15 is 0 Å². The number of hydrogen-bond donors (Lipinski definition) is 2. The summed E-state index contributed by atoms with van der Waals surface area (Å²) in [4.78, 5) is 2.22. The van der Waals surface area contributed by atoms with Crippen molar-refractivity contribution >= 4 is 11.4 Å². The van der Waals surface area contributed by atoms with Gasteiger partial charge in [-0.2, -0.15) is 5.26 Å². The number of aliphatic hydroxyl groups excluding tert-OH is 1. The van der Waals surface area contributed by atoms with Gasteiger partial charge in [0.25, 0.3) is 0 Å². The zero-order valence-electron chi connectivity index (χ0n) is 9.76. The van der Waals surface area contributed by atoms with Gasteiger partial charge in [-0.15, -0.1) is 0 Å². The predicted octanol–water partition coefficient (Wildman–Crippen LogP) is 1.35. The van der Waals surface area contributed by atoms with Gasteiger partial charge in [0, 0.05) is 25.4 Å². The molecule has 2 rings (SSSR count). The lowest BCUT2D eigenvalue weighted by Crippen LogP contribution is -2.36. The van der Waals surface area contributed by atoms with Crippen LogP contribution in [0.15, 0.2) is 18.2 Å². The third-order valence-electron chi connectivity index (χ3n) is 3.30. The molecule has 0 radical (unpaired) electrons. The summed E-state index contributed by atoms with van der Waals surface area (Å²) in [6.07, 6.45) is 2.17. The summed E-state index contributed by atoms with van der Waals surface area (Å²) < 4.78 is 0. The first-order chi connectivity index (χ1) is 8.24. The highest BCUT2D eigenvalue weighted by atomic mass is 16.3. The fourth-order valence-corrected chi connectivity index (χ4v) is 2.30. The molecule has 90 valence electrons. The number of nitrogen functional groups attached to an aromatic ring is 1. The van der Waals surface area contributed by atoms with E-state index in [-0.39, 0.29) is 6.61 Å². The molecule has 3 N–H and O–H groups in total. The lowest BCUT2D eigenvalue weighted by molar-refractivity contribution is 0.209. The van der Waals surface area contributed by atoms with E-state index in [4.69, 9.17) is 11.0 Å². The maximum atomic E-state index is 9.20. The molecular formula is C13H17N3O. The van der Waals surface area contributed by atoms with Gasteiger partial charge in [0.15, 0.2) is 0 Å². The van der Waals surface area contributed by atoms with Gasteiger partial charge in [-0.3, -0.25) is 0 Å². The molecule has 0 aromatic heterocycles. The zero-order chi connectivity index (χ0) is 12.3. The van der Waals surface area contributed by atoms with Crippen LogP contribution in [0, 0.1) is 17.2 Å². The Labute approximate surface area is 101 Å². The number of nitrogens with zero attached hydrogens (tertiary/aromatic N) is 2. The molecule has 1 aromatic rings. The third-order valence-corrected chi connectivity index (χ3v) is 3.30. The Balaban J connectivity index is 2.17. The first kappa shape index (κ1) is 11.7. The molecule has 0 bridgehead atoms. The van der Waals surface area contributed by atoms with Gasteiger partial charge >= 0.3 is 0 Å². The molecular weight excluding hydrogens is 214 g/mol. The van der Waals surface area contributed by atoms with Gasteiger partial charge in [0.05, 0.1) is 11.3 Å². The molecule has 1 aromatic carbocycles. The number of benzene rings is 1. The van der Waals surface area contributed by atoms with Crippen LogP contribution in [0.4, 0.5) is 11.4 Å². The minimum absolute atomic E-state index is 0.238. The van der Waals surface area contributed by atoms with Crippen LogP contribution in [0.1, 0.15) is 18.4 Å². The van der Waals surface area contributed by atoms with Crippen molar-refractivity contribution in [1.29, 1.82) is 5.26 Å². The highest BCUT2D eigenvalue weighted by Gasteiger charge is 2.19. The average molecular weight is 231 g/mol. The van der Waals surface area contributed by atoms with Gasteiger partial charge in [0.1, 0.15) is 6.07 Å². The second-order valence-corrected chi connectivity index (χ2v) is 4.52. The van der Waals surface area contributed by atoms with Crippen LogP contribution in [0.3, 0.4) is 0 Å². The van der Waals surface area contributed by atoms with E-state index in [9.17, 15) is 5.11 Å². The molecule has 1 aliphatic rings. The molecule has 4 heteroatoms.